The second-order valence-electron chi connectivity index (χ2n) is 8.72. The minimum Gasteiger partial charge on any atom is -0.309 e. The van der Waals surface area contributed by atoms with Crippen LogP contribution in [0.4, 0.5) is 26.3 Å². The van der Waals surface area contributed by atoms with Crippen molar-refractivity contribution >= 4 is 0 Å². The van der Waals surface area contributed by atoms with Crippen molar-refractivity contribution in [2.75, 3.05) is 0 Å². The minimum absolute atomic E-state index is 0.106. The molecule has 1 aliphatic carbocycles. The van der Waals surface area contributed by atoms with Gasteiger partial charge in [0.2, 0.25) is 0 Å². The molecule has 0 heterocycles. The number of ether oxygens (including phenoxy) is 1. The molecule has 1 nitrogen and oxygen atoms in total. The Kier molecular flexibility index (Phi) is 7.93. The fourth-order valence-electron chi connectivity index (χ4n) is 4.46. The van der Waals surface area contributed by atoms with Gasteiger partial charge in [-0.05, 0) is 80.5 Å². The van der Waals surface area contributed by atoms with Crippen LogP contribution in [0.3, 0.4) is 0 Å². The van der Waals surface area contributed by atoms with Gasteiger partial charge in [-0.1, -0.05) is 36.4 Å². The van der Waals surface area contributed by atoms with E-state index in [4.69, 9.17) is 4.74 Å². The maximum atomic E-state index is 14.7. The summed E-state index contributed by atoms with van der Waals surface area (Å²) in [5.74, 6) is -0.502. The van der Waals surface area contributed by atoms with Crippen LogP contribution in [0.2, 0.25) is 0 Å². The number of hydrogen-bond acceptors (Lipinski definition) is 1. The highest BCUT2D eigenvalue weighted by Crippen LogP contribution is 2.40. The Bertz CT molecular complexity index is 927. The molecule has 0 N–H and O–H groups in total. The van der Waals surface area contributed by atoms with Crippen LogP contribution in [0.25, 0.3) is 0 Å². The van der Waals surface area contributed by atoms with E-state index in [-0.39, 0.29) is 11.1 Å². The van der Waals surface area contributed by atoms with Crippen LogP contribution in [0.1, 0.15) is 79.7 Å². The average Bonchev–Trinajstić information content (AvgIpc) is 2.77. The molecular weight excluding hydrogens is 442 g/mol. The lowest BCUT2D eigenvalue weighted by atomic mass is 9.77. The molecule has 0 radical (unpaired) electrons. The fraction of sp³-hybridized carbons (Fsp3) is 0.462. The molecule has 1 fully saturated rings. The summed E-state index contributed by atoms with van der Waals surface area (Å²) >= 11 is 0. The first kappa shape index (κ1) is 25.3. The maximum Gasteiger partial charge on any atom is 0.419 e. The quantitative estimate of drug-likeness (QED) is 0.276. The van der Waals surface area contributed by atoms with Gasteiger partial charge in [-0.2, -0.15) is 22.0 Å². The van der Waals surface area contributed by atoms with E-state index in [0.29, 0.717) is 24.0 Å². The first-order chi connectivity index (χ1) is 15.5. The Morgan fingerprint density at radius 2 is 1.64 bits per heavy atom. The van der Waals surface area contributed by atoms with E-state index >= 15 is 0 Å². The van der Waals surface area contributed by atoms with E-state index in [1.54, 1.807) is 12.1 Å². The first-order valence-electron chi connectivity index (χ1n) is 11.1. The van der Waals surface area contributed by atoms with Crippen molar-refractivity contribution < 1.29 is 31.1 Å². The highest BCUT2D eigenvalue weighted by molar-refractivity contribution is 5.29. The molecule has 1 atom stereocenters. The number of alkyl halides is 5. The molecule has 0 aromatic heterocycles. The highest BCUT2D eigenvalue weighted by atomic mass is 19.4. The number of benzene rings is 2. The zero-order chi connectivity index (χ0) is 24.2. The Hall–Kier alpha value is -2.28. The molecule has 0 aliphatic heterocycles. The van der Waals surface area contributed by atoms with Crippen LogP contribution in [0.5, 0.6) is 0 Å². The van der Waals surface area contributed by atoms with Crippen molar-refractivity contribution in [3.63, 3.8) is 0 Å². The molecular formula is C26H28F6O. The van der Waals surface area contributed by atoms with Gasteiger partial charge in [-0.25, -0.2) is 4.39 Å². The molecule has 2 aromatic carbocycles. The summed E-state index contributed by atoms with van der Waals surface area (Å²) in [6.07, 6.45) is -1.51. The fourth-order valence-corrected chi connectivity index (χ4v) is 4.46. The van der Waals surface area contributed by atoms with Crippen LogP contribution in [-0.4, -0.2) is 0 Å². The van der Waals surface area contributed by atoms with Crippen molar-refractivity contribution in [2.45, 2.75) is 69.8 Å². The predicted molar refractivity (Wildman–Crippen MR) is 115 cm³/mol. The van der Waals surface area contributed by atoms with Gasteiger partial charge < -0.3 is 4.74 Å². The summed E-state index contributed by atoms with van der Waals surface area (Å²) in [6.45, 7) is 5.00. The van der Waals surface area contributed by atoms with Gasteiger partial charge in [0.05, 0.1) is 17.2 Å². The van der Waals surface area contributed by atoms with E-state index < -0.39 is 29.8 Å². The minimum atomic E-state index is -4.86. The summed E-state index contributed by atoms with van der Waals surface area (Å²) < 4.78 is 86.2. The van der Waals surface area contributed by atoms with E-state index in [2.05, 4.69) is 6.58 Å². The molecule has 0 spiro atoms. The van der Waals surface area contributed by atoms with E-state index in [1.165, 1.54) is 19.1 Å². The Morgan fingerprint density at radius 3 is 2.18 bits per heavy atom. The SMILES string of the molecule is C=CCCC1CCC(c2ccc(C(F)(F)OC(C)c3ccc(C(F)(F)F)c(F)c3)cc2)CC1. The van der Waals surface area contributed by atoms with Gasteiger partial charge in [0, 0.05) is 0 Å². The smallest absolute Gasteiger partial charge is 0.309 e. The molecule has 180 valence electrons. The summed E-state index contributed by atoms with van der Waals surface area (Å²) in [5.41, 5.74) is -0.903. The van der Waals surface area contributed by atoms with Crippen LogP contribution in [0, 0.1) is 11.7 Å². The summed E-state index contributed by atoms with van der Waals surface area (Å²) in [5, 5.41) is 0. The Labute approximate surface area is 190 Å². The van der Waals surface area contributed by atoms with Gasteiger partial charge in [0.25, 0.3) is 0 Å². The normalized spacial score (nSPS) is 20.5. The zero-order valence-electron chi connectivity index (χ0n) is 18.5. The lowest BCUT2D eigenvalue weighted by Gasteiger charge is -2.29. The van der Waals surface area contributed by atoms with Crippen molar-refractivity contribution in [1.82, 2.24) is 0 Å². The maximum absolute atomic E-state index is 14.7. The van der Waals surface area contributed by atoms with Crippen LogP contribution in [-0.2, 0) is 17.0 Å². The zero-order valence-corrected chi connectivity index (χ0v) is 18.5. The van der Waals surface area contributed by atoms with E-state index in [0.717, 1.165) is 50.2 Å². The molecule has 0 amide bonds. The standard InChI is InChI=1S/C26H28F6O/c1-3-4-5-18-6-8-19(9-7-18)20-10-13-22(14-11-20)26(31,32)33-17(2)21-12-15-23(24(27)16-21)25(28,29)30/h3,10-19H,1,4-9H2,2H3. The van der Waals surface area contributed by atoms with Gasteiger partial charge >= 0.3 is 12.3 Å². The Morgan fingerprint density at radius 1 is 1.00 bits per heavy atom. The van der Waals surface area contributed by atoms with E-state index in [9.17, 15) is 26.3 Å². The second-order valence-corrected chi connectivity index (χ2v) is 8.72. The summed E-state index contributed by atoms with van der Waals surface area (Å²) in [6, 6.07) is 8.06. The third-order valence-electron chi connectivity index (χ3n) is 6.44. The van der Waals surface area contributed by atoms with Crippen molar-refractivity contribution in [3.05, 3.63) is 83.2 Å². The highest BCUT2D eigenvalue weighted by Gasteiger charge is 2.37. The number of allylic oxidation sites excluding steroid dienone is 1. The Balaban J connectivity index is 1.63. The molecule has 1 saturated carbocycles. The molecule has 33 heavy (non-hydrogen) atoms. The largest absolute Gasteiger partial charge is 0.419 e. The topological polar surface area (TPSA) is 9.23 Å². The van der Waals surface area contributed by atoms with E-state index in [1.807, 2.05) is 6.08 Å². The third kappa shape index (κ3) is 6.40. The first-order valence-corrected chi connectivity index (χ1v) is 11.1. The van der Waals surface area contributed by atoms with Crippen molar-refractivity contribution in [2.24, 2.45) is 5.92 Å². The molecule has 1 aliphatic rings. The van der Waals surface area contributed by atoms with Gasteiger partial charge in [0.15, 0.2) is 0 Å². The molecule has 2 aromatic rings. The lowest BCUT2D eigenvalue weighted by molar-refractivity contribution is -0.272. The van der Waals surface area contributed by atoms with Crippen molar-refractivity contribution in [3.8, 4) is 0 Å². The molecule has 3 rings (SSSR count). The van der Waals surface area contributed by atoms with Crippen LogP contribution in [0.15, 0.2) is 55.1 Å². The van der Waals surface area contributed by atoms with Crippen LogP contribution < -0.4 is 0 Å². The number of rotatable bonds is 8. The number of halogens is 6. The van der Waals surface area contributed by atoms with Gasteiger partial charge in [0.1, 0.15) is 5.82 Å². The predicted octanol–water partition coefficient (Wildman–Crippen LogP) is 8.91. The molecule has 0 saturated heterocycles. The van der Waals surface area contributed by atoms with Crippen LogP contribution >= 0.6 is 0 Å². The molecule has 1 unspecified atom stereocenters. The van der Waals surface area contributed by atoms with Gasteiger partial charge in [-0.15, -0.1) is 6.58 Å². The molecule has 0 bridgehead atoms. The second kappa shape index (κ2) is 10.3. The summed E-state index contributed by atoms with van der Waals surface area (Å²) in [4.78, 5) is 0. The number of hydrogen-bond donors (Lipinski definition) is 0. The van der Waals surface area contributed by atoms with Gasteiger partial charge in [-0.3, -0.25) is 0 Å². The third-order valence-corrected chi connectivity index (χ3v) is 6.44. The molecule has 7 heteroatoms. The average molecular weight is 470 g/mol. The lowest BCUT2D eigenvalue weighted by Crippen LogP contribution is -2.21. The van der Waals surface area contributed by atoms with Crippen molar-refractivity contribution in [1.29, 1.82) is 0 Å². The summed E-state index contributed by atoms with van der Waals surface area (Å²) in [7, 11) is 0. The monoisotopic (exact) mass is 470 g/mol.